The number of ketones is 1. The summed E-state index contributed by atoms with van der Waals surface area (Å²) in [4.78, 5) is 41.5. The maximum atomic E-state index is 14.1. The van der Waals surface area contributed by atoms with Gasteiger partial charge >= 0.3 is 6.09 Å². The van der Waals surface area contributed by atoms with Gasteiger partial charge in [-0.15, -0.1) is 0 Å². The molecular weight excluding hydrogens is 558 g/mol. The second-order valence-corrected chi connectivity index (χ2v) is 13.0. The highest BCUT2D eigenvalue weighted by atomic mass is 16.6. The van der Waals surface area contributed by atoms with E-state index in [2.05, 4.69) is 26.1 Å². The smallest absolute Gasteiger partial charge is 0.410 e. The highest BCUT2D eigenvalue weighted by molar-refractivity contribution is 6.18. The predicted molar refractivity (Wildman–Crippen MR) is 172 cm³/mol. The first kappa shape index (κ1) is 32.4. The first-order valence-corrected chi connectivity index (χ1v) is 14.8. The number of hydrogen-bond donors (Lipinski definition) is 2. The molecule has 0 aromatic heterocycles. The van der Waals surface area contributed by atoms with Gasteiger partial charge in [0.1, 0.15) is 23.2 Å². The van der Waals surface area contributed by atoms with E-state index in [9.17, 15) is 14.4 Å². The monoisotopic (exact) mass is 601 g/mol. The van der Waals surface area contributed by atoms with Crippen molar-refractivity contribution in [2.75, 3.05) is 31.2 Å². The number of nitrogens with one attached hydrogen (secondary N) is 1. The number of nitrogens with two attached hydrogens (primary N) is 1. The van der Waals surface area contributed by atoms with Gasteiger partial charge in [-0.25, -0.2) is 4.79 Å². The Hall–Kier alpha value is -4.53. The Balaban J connectivity index is 1.60. The normalized spacial score (nSPS) is 14.1. The maximum absolute atomic E-state index is 14.1. The summed E-state index contributed by atoms with van der Waals surface area (Å²) < 4.78 is 17.2. The van der Waals surface area contributed by atoms with Gasteiger partial charge in [0.05, 0.1) is 24.0 Å². The minimum absolute atomic E-state index is 0.186. The van der Waals surface area contributed by atoms with Crippen LogP contribution in [0, 0.1) is 0 Å². The molecule has 1 aliphatic heterocycles. The standard InChI is InChI=1S/C35H43N3O6/c1-34(2,3)23-13-16-26(29(21-23)43-25-17-19-38(20-18-25)33(41)44-35(4,5)6)31(39)27-9-8-10-28(36)30(27)37-32(40)22-11-14-24(42-7)15-12-22/h8-16,21,25H,17-20,36H2,1-7H3,(H,37,40). The molecule has 1 aliphatic rings. The number of piperidine rings is 1. The Morgan fingerprint density at radius 2 is 1.55 bits per heavy atom. The van der Waals surface area contributed by atoms with Gasteiger partial charge in [-0.3, -0.25) is 9.59 Å². The highest BCUT2D eigenvalue weighted by Crippen LogP contribution is 2.34. The molecule has 1 fully saturated rings. The number of hydrogen-bond acceptors (Lipinski definition) is 7. The number of rotatable bonds is 7. The van der Waals surface area contributed by atoms with Gasteiger partial charge in [-0.1, -0.05) is 32.9 Å². The number of para-hydroxylation sites is 1. The second kappa shape index (κ2) is 13.0. The summed E-state index contributed by atoms with van der Waals surface area (Å²) in [5.41, 5.74) is 8.05. The molecule has 4 rings (SSSR count). The van der Waals surface area contributed by atoms with Crippen LogP contribution in [-0.2, 0) is 10.2 Å². The van der Waals surface area contributed by atoms with Crippen molar-refractivity contribution in [1.82, 2.24) is 4.90 Å². The molecule has 9 nitrogen and oxygen atoms in total. The Kier molecular flexibility index (Phi) is 9.56. The molecule has 3 aromatic carbocycles. The van der Waals surface area contributed by atoms with Crippen molar-refractivity contribution in [2.45, 2.75) is 71.5 Å². The fourth-order valence-corrected chi connectivity index (χ4v) is 4.91. The van der Waals surface area contributed by atoms with Crippen molar-refractivity contribution in [1.29, 1.82) is 0 Å². The molecule has 44 heavy (non-hydrogen) atoms. The Bertz CT molecular complexity index is 1510. The fourth-order valence-electron chi connectivity index (χ4n) is 4.91. The van der Waals surface area contributed by atoms with Crippen LogP contribution in [0.1, 0.15) is 86.2 Å². The third kappa shape index (κ3) is 7.89. The molecular formula is C35H43N3O6. The van der Waals surface area contributed by atoms with Crippen LogP contribution in [-0.4, -0.2) is 54.6 Å². The zero-order valence-corrected chi connectivity index (χ0v) is 26.7. The third-order valence-corrected chi connectivity index (χ3v) is 7.41. The van der Waals surface area contributed by atoms with Crippen molar-refractivity contribution in [3.8, 4) is 11.5 Å². The van der Waals surface area contributed by atoms with Crippen LogP contribution in [0.3, 0.4) is 0 Å². The van der Waals surface area contributed by atoms with Gasteiger partial charge in [-0.2, -0.15) is 0 Å². The van der Waals surface area contributed by atoms with Crippen LogP contribution in [0.2, 0.25) is 0 Å². The Morgan fingerprint density at radius 1 is 0.886 bits per heavy atom. The highest BCUT2D eigenvalue weighted by Gasteiger charge is 2.30. The number of ether oxygens (including phenoxy) is 3. The molecule has 3 N–H and O–H groups in total. The minimum atomic E-state index is -0.569. The van der Waals surface area contributed by atoms with Crippen molar-refractivity contribution in [3.05, 3.63) is 82.9 Å². The van der Waals surface area contributed by atoms with Crippen molar-refractivity contribution < 1.29 is 28.6 Å². The first-order valence-electron chi connectivity index (χ1n) is 14.8. The zero-order valence-electron chi connectivity index (χ0n) is 26.7. The quantitative estimate of drug-likeness (QED) is 0.225. The van der Waals surface area contributed by atoms with Gasteiger partial charge in [0.2, 0.25) is 0 Å². The van der Waals surface area contributed by atoms with Gasteiger partial charge < -0.3 is 30.2 Å². The van der Waals surface area contributed by atoms with E-state index in [1.54, 1.807) is 60.5 Å². The van der Waals surface area contributed by atoms with E-state index >= 15 is 0 Å². The van der Waals surface area contributed by atoms with Gasteiger partial charge in [0, 0.05) is 37.1 Å². The summed E-state index contributed by atoms with van der Waals surface area (Å²) in [5.74, 6) is 0.339. The number of carbonyl (C=O) groups is 3. The molecule has 0 unspecified atom stereocenters. The van der Waals surface area contributed by atoms with Gasteiger partial charge in [0.25, 0.3) is 5.91 Å². The van der Waals surface area contributed by atoms with E-state index in [0.717, 1.165) is 5.56 Å². The Morgan fingerprint density at radius 3 is 2.14 bits per heavy atom. The van der Waals surface area contributed by atoms with Crippen LogP contribution in [0.25, 0.3) is 0 Å². The molecule has 1 saturated heterocycles. The third-order valence-electron chi connectivity index (χ3n) is 7.41. The number of anilines is 2. The maximum Gasteiger partial charge on any atom is 0.410 e. The molecule has 0 radical (unpaired) electrons. The summed E-state index contributed by atoms with van der Waals surface area (Å²) in [6.07, 6.45) is 0.639. The van der Waals surface area contributed by atoms with E-state index < -0.39 is 11.5 Å². The Labute approximate surface area is 259 Å². The van der Waals surface area contributed by atoms with Crippen LogP contribution < -0.4 is 20.5 Å². The zero-order chi connectivity index (χ0) is 32.2. The van der Waals surface area contributed by atoms with Crippen LogP contribution in [0.4, 0.5) is 16.2 Å². The largest absolute Gasteiger partial charge is 0.497 e. The fraction of sp³-hybridized carbons (Fsp3) is 0.400. The number of nitrogens with zero attached hydrogens (tertiary/aromatic N) is 1. The van der Waals surface area contributed by atoms with E-state index in [1.807, 2.05) is 32.9 Å². The topological polar surface area (TPSA) is 120 Å². The van der Waals surface area contributed by atoms with Crippen molar-refractivity contribution in [2.24, 2.45) is 0 Å². The van der Waals surface area contributed by atoms with E-state index in [-0.39, 0.29) is 40.3 Å². The number of benzene rings is 3. The number of likely N-dealkylation sites (tertiary alicyclic amines) is 1. The van der Waals surface area contributed by atoms with Crippen LogP contribution in [0.5, 0.6) is 11.5 Å². The number of amides is 2. The number of carbonyl (C=O) groups excluding carboxylic acids is 3. The molecule has 9 heteroatoms. The lowest BCUT2D eigenvalue weighted by Gasteiger charge is -2.34. The first-order chi connectivity index (χ1) is 20.7. The lowest BCUT2D eigenvalue weighted by Crippen LogP contribution is -2.44. The van der Waals surface area contributed by atoms with Crippen LogP contribution in [0.15, 0.2) is 60.7 Å². The molecule has 2 amide bonds. The van der Waals surface area contributed by atoms with E-state index in [1.165, 1.54) is 0 Å². The van der Waals surface area contributed by atoms with Gasteiger partial charge in [0.15, 0.2) is 5.78 Å². The lowest BCUT2D eigenvalue weighted by molar-refractivity contribution is 0.0126. The predicted octanol–water partition coefficient (Wildman–Crippen LogP) is 6.84. The SMILES string of the molecule is COc1ccc(C(=O)Nc2c(N)cccc2C(=O)c2ccc(C(C)(C)C)cc2OC2CCN(C(=O)OC(C)(C)C)CC2)cc1. The van der Waals surface area contributed by atoms with Crippen molar-refractivity contribution in [3.63, 3.8) is 0 Å². The average molecular weight is 602 g/mol. The number of methoxy groups -OCH3 is 1. The molecule has 0 spiro atoms. The molecule has 0 saturated carbocycles. The van der Waals surface area contributed by atoms with E-state index in [0.29, 0.717) is 48.6 Å². The molecule has 0 atom stereocenters. The molecule has 0 bridgehead atoms. The average Bonchev–Trinajstić information content (AvgIpc) is 2.97. The van der Waals surface area contributed by atoms with Crippen LogP contribution >= 0.6 is 0 Å². The van der Waals surface area contributed by atoms with E-state index in [4.69, 9.17) is 19.9 Å². The summed E-state index contributed by atoms with van der Waals surface area (Å²) in [5, 5.41) is 2.84. The summed E-state index contributed by atoms with van der Waals surface area (Å²) >= 11 is 0. The van der Waals surface area contributed by atoms with Gasteiger partial charge in [-0.05, 0) is 80.3 Å². The van der Waals surface area contributed by atoms with Crippen molar-refractivity contribution >= 4 is 29.2 Å². The molecule has 234 valence electrons. The summed E-state index contributed by atoms with van der Waals surface area (Å²) in [6, 6.07) is 17.2. The summed E-state index contributed by atoms with van der Waals surface area (Å²) in [6.45, 7) is 12.8. The molecule has 1 heterocycles. The minimum Gasteiger partial charge on any atom is -0.497 e. The second-order valence-electron chi connectivity index (χ2n) is 13.0. The molecule has 3 aromatic rings. The number of nitrogen functional groups attached to an aromatic ring is 1. The molecule has 0 aliphatic carbocycles. The lowest BCUT2D eigenvalue weighted by atomic mass is 9.85. The summed E-state index contributed by atoms with van der Waals surface area (Å²) in [7, 11) is 1.55.